The van der Waals surface area contributed by atoms with Crippen LogP contribution in [0.2, 0.25) is 0 Å². The van der Waals surface area contributed by atoms with Crippen molar-refractivity contribution in [2.45, 2.75) is 46.6 Å². The SMILES string of the molecule is C/C=C\c1c(C)ccc(-c2ccc(C(C)(C)N)cn2)c1OCCC. The Balaban J connectivity index is 2.54. The van der Waals surface area contributed by atoms with Crippen LogP contribution in [0.15, 0.2) is 36.5 Å². The highest BCUT2D eigenvalue weighted by atomic mass is 16.5. The van der Waals surface area contributed by atoms with Gasteiger partial charge in [0.05, 0.1) is 12.3 Å². The Bertz CT molecular complexity index is 710. The first-order valence-electron chi connectivity index (χ1n) is 8.53. The molecule has 0 spiro atoms. The predicted octanol–water partition coefficient (Wildman–Crippen LogP) is 5.07. The molecule has 0 bridgehead atoms. The second kappa shape index (κ2) is 7.63. The Hall–Kier alpha value is -2.13. The number of pyridine rings is 1. The van der Waals surface area contributed by atoms with Crippen molar-refractivity contribution in [1.82, 2.24) is 4.98 Å². The molecule has 0 aliphatic carbocycles. The maximum atomic E-state index is 6.15. The van der Waals surface area contributed by atoms with Gasteiger partial charge in [0.1, 0.15) is 5.75 Å². The van der Waals surface area contributed by atoms with Crippen LogP contribution in [0.3, 0.4) is 0 Å². The Morgan fingerprint density at radius 3 is 2.50 bits per heavy atom. The van der Waals surface area contributed by atoms with Gasteiger partial charge in [-0.15, -0.1) is 0 Å². The normalized spacial score (nSPS) is 11.9. The molecule has 3 nitrogen and oxygen atoms in total. The molecule has 0 unspecified atom stereocenters. The van der Waals surface area contributed by atoms with Crippen LogP contribution in [0.5, 0.6) is 5.75 Å². The monoisotopic (exact) mass is 324 g/mol. The van der Waals surface area contributed by atoms with E-state index >= 15 is 0 Å². The topological polar surface area (TPSA) is 48.1 Å². The number of allylic oxidation sites excluding steroid dienone is 1. The van der Waals surface area contributed by atoms with E-state index in [0.717, 1.165) is 34.6 Å². The lowest BCUT2D eigenvalue weighted by atomic mass is 9.96. The summed E-state index contributed by atoms with van der Waals surface area (Å²) in [5, 5.41) is 0. The molecule has 2 N–H and O–H groups in total. The molecule has 24 heavy (non-hydrogen) atoms. The fourth-order valence-electron chi connectivity index (χ4n) is 2.57. The first kappa shape index (κ1) is 18.2. The lowest BCUT2D eigenvalue weighted by molar-refractivity contribution is 0.318. The largest absolute Gasteiger partial charge is 0.492 e. The van der Waals surface area contributed by atoms with Crippen molar-refractivity contribution >= 4 is 6.08 Å². The van der Waals surface area contributed by atoms with Gasteiger partial charge in [-0.1, -0.05) is 31.2 Å². The summed E-state index contributed by atoms with van der Waals surface area (Å²) < 4.78 is 6.09. The number of aromatic nitrogens is 1. The molecule has 0 saturated heterocycles. The summed E-state index contributed by atoms with van der Waals surface area (Å²) in [4.78, 5) is 4.63. The Kier molecular flexibility index (Phi) is 5.79. The standard InChI is InChI=1S/C21H28N2O/c1-6-8-17-15(3)9-11-18(20(17)24-13-7-2)19-12-10-16(14-23-19)21(4,5)22/h6,8-12,14H,7,13,22H2,1-5H3/b8-6-. The molecular formula is C21H28N2O. The van der Waals surface area contributed by atoms with Gasteiger partial charge in [-0.3, -0.25) is 4.98 Å². The summed E-state index contributed by atoms with van der Waals surface area (Å²) in [6.07, 6.45) is 6.96. The van der Waals surface area contributed by atoms with E-state index in [9.17, 15) is 0 Å². The minimum Gasteiger partial charge on any atom is -0.492 e. The molecular weight excluding hydrogens is 296 g/mol. The highest BCUT2D eigenvalue weighted by molar-refractivity contribution is 5.76. The number of nitrogens with zero attached hydrogens (tertiary/aromatic N) is 1. The first-order valence-corrected chi connectivity index (χ1v) is 8.53. The molecule has 2 rings (SSSR count). The van der Waals surface area contributed by atoms with Gasteiger partial charge < -0.3 is 10.5 Å². The van der Waals surface area contributed by atoms with Crippen molar-refractivity contribution in [3.63, 3.8) is 0 Å². The van der Waals surface area contributed by atoms with Crippen molar-refractivity contribution in [2.75, 3.05) is 6.61 Å². The van der Waals surface area contributed by atoms with Gasteiger partial charge >= 0.3 is 0 Å². The molecule has 0 saturated carbocycles. The number of aryl methyl sites for hydroxylation is 1. The van der Waals surface area contributed by atoms with Crippen LogP contribution in [0.4, 0.5) is 0 Å². The van der Waals surface area contributed by atoms with Crippen LogP contribution in [0.1, 0.15) is 50.8 Å². The zero-order valence-corrected chi connectivity index (χ0v) is 15.4. The fourth-order valence-corrected chi connectivity index (χ4v) is 2.57. The van der Waals surface area contributed by atoms with E-state index in [-0.39, 0.29) is 0 Å². The van der Waals surface area contributed by atoms with Gasteiger partial charge in [-0.05, 0) is 57.4 Å². The number of nitrogens with two attached hydrogens (primary N) is 1. The minimum absolute atomic E-state index is 0.392. The molecule has 1 aromatic heterocycles. The maximum absolute atomic E-state index is 6.15. The van der Waals surface area contributed by atoms with Crippen LogP contribution < -0.4 is 10.5 Å². The Labute approximate surface area is 145 Å². The van der Waals surface area contributed by atoms with E-state index < -0.39 is 5.54 Å². The van der Waals surface area contributed by atoms with Crippen molar-refractivity contribution in [2.24, 2.45) is 5.73 Å². The Morgan fingerprint density at radius 1 is 1.21 bits per heavy atom. The van der Waals surface area contributed by atoms with Crippen molar-refractivity contribution < 1.29 is 4.74 Å². The molecule has 0 fully saturated rings. The number of rotatable bonds is 6. The highest BCUT2D eigenvalue weighted by Gasteiger charge is 2.17. The van der Waals surface area contributed by atoms with E-state index in [1.165, 1.54) is 5.56 Å². The average Bonchev–Trinajstić information content (AvgIpc) is 2.55. The van der Waals surface area contributed by atoms with Gasteiger partial charge in [-0.25, -0.2) is 0 Å². The van der Waals surface area contributed by atoms with Crippen LogP contribution in [0.25, 0.3) is 17.3 Å². The number of ether oxygens (including phenoxy) is 1. The molecule has 1 heterocycles. The lowest BCUT2D eigenvalue weighted by Crippen LogP contribution is -2.28. The second-order valence-corrected chi connectivity index (χ2v) is 6.68. The zero-order chi connectivity index (χ0) is 17.7. The minimum atomic E-state index is -0.392. The first-order chi connectivity index (χ1) is 11.4. The number of hydrogen-bond donors (Lipinski definition) is 1. The zero-order valence-electron chi connectivity index (χ0n) is 15.4. The molecule has 0 amide bonds. The van der Waals surface area contributed by atoms with E-state index in [4.69, 9.17) is 10.5 Å². The van der Waals surface area contributed by atoms with E-state index in [2.05, 4.69) is 37.0 Å². The molecule has 1 aromatic carbocycles. The van der Waals surface area contributed by atoms with E-state index in [1.807, 2.05) is 45.2 Å². The number of benzene rings is 1. The van der Waals surface area contributed by atoms with Crippen LogP contribution in [-0.2, 0) is 5.54 Å². The van der Waals surface area contributed by atoms with Crippen LogP contribution >= 0.6 is 0 Å². The van der Waals surface area contributed by atoms with Gasteiger partial charge in [0.2, 0.25) is 0 Å². The third kappa shape index (κ3) is 4.04. The van der Waals surface area contributed by atoms with Crippen LogP contribution in [0, 0.1) is 6.92 Å². The maximum Gasteiger partial charge on any atom is 0.136 e. The van der Waals surface area contributed by atoms with Gasteiger partial charge in [0.25, 0.3) is 0 Å². The molecule has 0 atom stereocenters. The highest BCUT2D eigenvalue weighted by Crippen LogP contribution is 2.35. The van der Waals surface area contributed by atoms with Gasteiger partial charge in [-0.2, -0.15) is 0 Å². The third-order valence-corrected chi connectivity index (χ3v) is 3.98. The summed E-state index contributed by atoms with van der Waals surface area (Å²) in [6.45, 7) is 10.9. The second-order valence-electron chi connectivity index (χ2n) is 6.68. The summed E-state index contributed by atoms with van der Waals surface area (Å²) >= 11 is 0. The molecule has 0 aliphatic heterocycles. The quantitative estimate of drug-likeness (QED) is 0.806. The van der Waals surface area contributed by atoms with E-state index in [0.29, 0.717) is 6.61 Å². The summed E-state index contributed by atoms with van der Waals surface area (Å²) in [5.74, 6) is 0.905. The summed E-state index contributed by atoms with van der Waals surface area (Å²) in [6, 6.07) is 8.27. The van der Waals surface area contributed by atoms with E-state index in [1.54, 1.807) is 0 Å². The fraction of sp³-hybridized carbons (Fsp3) is 0.381. The van der Waals surface area contributed by atoms with Crippen molar-refractivity contribution in [3.8, 4) is 17.0 Å². The van der Waals surface area contributed by atoms with Crippen molar-refractivity contribution in [3.05, 3.63) is 53.2 Å². The molecule has 0 aliphatic rings. The number of hydrogen-bond acceptors (Lipinski definition) is 3. The molecule has 128 valence electrons. The molecule has 3 heteroatoms. The smallest absolute Gasteiger partial charge is 0.136 e. The van der Waals surface area contributed by atoms with Crippen molar-refractivity contribution in [1.29, 1.82) is 0 Å². The summed E-state index contributed by atoms with van der Waals surface area (Å²) in [7, 11) is 0. The van der Waals surface area contributed by atoms with Gasteiger partial charge in [0, 0.05) is 22.9 Å². The van der Waals surface area contributed by atoms with Gasteiger partial charge in [0.15, 0.2) is 0 Å². The Morgan fingerprint density at radius 2 is 1.96 bits per heavy atom. The lowest BCUT2D eigenvalue weighted by Gasteiger charge is -2.20. The molecule has 0 radical (unpaired) electrons. The third-order valence-electron chi connectivity index (χ3n) is 3.98. The predicted molar refractivity (Wildman–Crippen MR) is 102 cm³/mol. The summed E-state index contributed by atoms with van der Waals surface area (Å²) in [5.41, 5.74) is 11.0. The average molecular weight is 324 g/mol. The molecule has 2 aromatic rings. The van der Waals surface area contributed by atoms with Crippen LogP contribution in [-0.4, -0.2) is 11.6 Å².